The number of halogens is 3. The van der Waals surface area contributed by atoms with Crippen LogP contribution < -0.4 is 17.1 Å². The molecule has 0 fully saturated rings. The van der Waals surface area contributed by atoms with Crippen LogP contribution in [0.5, 0.6) is 5.75 Å². The summed E-state index contributed by atoms with van der Waals surface area (Å²) in [6.07, 6.45) is 0. The smallest absolute Gasteiger partial charge is 1.00 e. The molecule has 1 aromatic carbocycles. The maximum atomic E-state index is 11.4. The minimum atomic E-state index is -0.791. The molecular formula is C7H7BrClFMgO. The first-order valence-electron chi connectivity index (χ1n) is 2.59. The molecule has 0 aromatic heterocycles. The fourth-order valence-corrected chi connectivity index (χ4v) is 0.525. The Hall–Kier alpha value is 0.486. The molecule has 64 valence electrons. The maximum absolute atomic E-state index is 11.4. The van der Waals surface area contributed by atoms with Crippen molar-refractivity contribution < 1.29 is 21.5 Å². The van der Waals surface area contributed by atoms with Gasteiger partial charge in [-0.1, -0.05) is 0 Å². The van der Waals surface area contributed by atoms with Crippen LogP contribution >= 0.6 is 17.0 Å². The SMILES string of the molecule is Br.FCOc1[c-]cccc1.[Cl-].[Mg+2]. The van der Waals surface area contributed by atoms with Gasteiger partial charge >= 0.3 is 23.1 Å². The summed E-state index contributed by atoms with van der Waals surface area (Å²) in [5.41, 5.74) is 0. The molecule has 0 N–H and O–H groups in total. The van der Waals surface area contributed by atoms with Gasteiger partial charge in [-0.25, -0.2) is 4.39 Å². The molecule has 0 saturated carbocycles. The zero-order chi connectivity index (χ0) is 6.53. The summed E-state index contributed by atoms with van der Waals surface area (Å²) in [7, 11) is 0. The summed E-state index contributed by atoms with van der Waals surface area (Å²) in [5, 5.41) is 0. The Morgan fingerprint density at radius 2 is 2.08 bits per heavy atom. The van der Waals surface area contributed by atoms with Crippen LogP contribution in [0.3, 0.4) is 0 Å². The largest absolute Gasteiger partial charge is 2.00 e. The first-order chi connectivity index (χ1) is 4.43. The summed E-state index contributed by atoms with van der Waals surface area (Å²) in [5.74, 6) is 0.444. The molecule has 0 aliphatic carbocycles. The molecule has 1 nitrogen and oxygen atoms in total. The van der Waals surface area contributed by atoms with Crippen molar-refractivity contribution in [3.63, 3.8) is 0 Å². The maximum Gasteiger partial charge on any atom is 2.00 e. The third kappa shape index (κ3) is 7.15. The van der Waals surface area contributed by atoms with E-state index < -0.39 is 6.86 Å². The van der Waals surface area contributed by atoms with E-state index in [0.717, 1.165) is 0 Å². The van der Waals surface area contributed by atoms with E-state index in [1.807, 2.05) is 0 Å². The van der Waals surface area contributed by atoms with Crippen molar-refractivity contribution in [3.8, 4) is 5.75 Å². The Bertz CT molecular complexity index is 176. The first kappa shape index (κ1) is 18.3. The van der Waals surface area contributed by atoms with Crippen molar-refractivity contribution in [2.24, 2.45) is 0 Å². The molecule has 0 aliphatic rings. The standard InChI is InChI=1S/C7H6FO.BrH.ClH.Mg/c8-6-9-7-4-2-1-3-5-7;;;/h1-4H,6H2;2*1H;/q-1;;;+2/p-1. The third-order valence-corrected chi connectivity index (χ3v) is 0.891. The molecule has 0 atom stereocenters. The third-order valence-electron chi connectivity index (χ3n) is 0.891. The van der Waals surface area contributed by atoms with Crippen LogP contribution in [0.25, 0.3) is 0 Å². The van der Waals surface area contributed by atoms with Gasteiger partial charge in [-0.15, -0.1) is 29.1 Å². The van der Waals surface area contributed by atoms with Crippen LogP contribution in [-0.2, 0) is 0 Å². The monoisotopic (exact) mass is 264 g/mol. The fourth-order valence-electron chi connectivity index (χ4n) is 0.525. The van der Waals surface area contributed by atoms with Crippen molar-refractivity contribution in [2.45, 2.75) is 0 Å². The average Bonchev–Trinajstić information content (AvgIpc) is 1.91. The van der Waals surface area contributed by atoms with Crippen LogP contribution in [0, 0.1) is 6.07 Å². The Morgan fingerprint density at radius 1 is 1.42 bits per heavy atom. The number of ether oxygens (including phenoxy) is 1. The van der Waals surface area contributed by atoms with Gasteiger partial charge in [0.2, 0.25) is 6.86 Å². The summed E-state index contributed by atoms with van der Waals surface area (Å²) >= 11 is 0. The van der Waals surface area contributed by atoms with Crippen molar-refractivity contribution in [1.82, 2.24) is 0 Å². The molecule has 0 spiro atoms. The van der Waals surface area contributed by atoms with E-state index in [-0.39, 0.29) is 52.4 Å². The number of hydrogen-bond acceptors (Lipinski definition) is 1. The van der Waals surface area contributed by atoms with Gasteiger partial charge in [-0.2, -0.15) is 18.2 Å². The van der Waals surface area contributed by atoms with Gasteiger partial charge in [0.15, 0.2) is 0 Å². The van der Waals surface area contributed by atoms with Gasteiger partial charge < -0.3 is 17.1 Å². The molecule has 0 radical (unpaired) electrons. The first-order valence-corrected chi connectivity index (χ1v) is 2.59. The van der Waals surface area contributed by atoms with Crippen LogP contribution in [0.15, 0.2) is 24.3 Å². The second-order valence-electron chi connectivity index (χ2n) is 1.48. The van der Waals surface area contributed by atoms with Gasteiger partial charge in [-0.05, 0) is 0 Å². The van der Waals surface area contributed by atoms with Crippen molar-refractivity contribution >= 4 is 40.0 Å². The normalized spacial score (nSPS) is 6.75. The Kier molecular flexibility index (Phi) is 17.5. The van der Waals surface area contributed by atoms with Gasteiger partial charge in [0.1, 0.15) is 0 Å². The van der Waals surface area contributed by atoms with Crippen LogP contribution in [0.4, 0.5) is 4.39 Å². The van der Waals surface area contributed by atoms with E-state index in [0.29, 0.717) is 5.75 Å². The van der Waals surface area contributed by atoms with E-state index >= 15 is 0 Å². The van der Waals surface area contributed by atoms with E-state index in [1.165, 1.54) is 0 Å². The number of para-hydroxylation sites is 1. The molecule has 0 saturated heterocycles. The molecule has 0 unspecified atom stereocenters. The van der Waals surface area contributed by atoms with Gasteiger partial charge in [0, 0.05) is 5.75 Å². The minimum Gasteiger partial charge on any atom is -1.00 e. The molecule has 0 aliphatic heterocycles. The molecule has 12 heavy (non-hydrogen) atoms. The zero-order valence-electron chi connectivity index (χ0n) is 6.30. The molecule has 5 heteroatoms. The molecule has 1 aromatic rings. The molecule has 0 amide bonds. The van der Waals surface area contributed by atoms with E-state index in [1.54, 1.807) is 24.3 Å². The van der Waals surface area contributed by atoms with Gasteiger partial charge in [0.05, 0.1) is 0 Å². The zero-order valence-corrected chi connectivity index (χ0v) is 10.2. The molecule has 0 bridgehead atoms. The summed E-state index contributed by atoms with van der Waals surface area (Å²) in [4.78, 5) is 0. The van der Waals surface area contributed by atoms with Gasteiger partial charge in [0.25, 0.3) is 0 Å². The Balaban J connectivity index is -0.000000270. The van der Waals surface area contributed by atoms with E-state index in [9.17, 15) is 4.39 Å². The minimum absolute atomic E-state index is 0. The molecule has 0 heterocycles. The van der Waals surface area contributed by atoms with Gasteiger partial charge in [-0.3, -0.25) is 0 Å². The van der Waals surface area contributed by atoms with E-state index in [2.05, 4.69) is 10.8 Å². The van der Waals surface area contributed by atoms with E-state index in [4.69, 9.17) is 0 Å². The summed E-state index contributed by atoms with van der Waals surface area (Å²) < 4.78 is 15.9. The predicted octanol–water partition coefficient (Wildman–Crippen LogP) is -1.01. The summed E-state index contributed by atoms with van der Waals surface area (Å²) in [6, 6.07) is 9.59. The second-order valence-corrected chi connectivity index (χ2v) is 1.48. The number of benzene rings is 1. The fraction of sp³-hybridized carbons (Fsp3) is 0.143. The predicted molar refractivity (Wildman–Crippen MR) is 48.0 cm³/mol. The van der Waals surface area contributed by atoms with Crippen molar-refractivity contribution in [1.29, 1.82) is 0 Å². The Labute approximate surface area is 104 Å². The van der Waals surface area contributed by atoms with Crippen molar-refractivity contribution in [3.05, 3.63) is 30.3 Å². The quantitative estimate of drug-likeness (QED) is 0.492. The Morgan fingerprint density at radius 3 is 2.50 bits per heavy atom. The topological polar surface area (TPSA) is 9.23 Å². The van der Waals surface area contributed by atoms with Crippen molar-refractivity contribution in [2.75, 3.05) is 6.86 Å². The number of rotatable bonds is 2. The van der Waals surface area contributed by atoms with Crippen LogP contribution in [0.2, 0.25) is 0 Å². The second kappa shape index (κ2) is 11.5. The number of hydrogen-bond donors (Lipinski definition) is 0. The van der Waals surface area contributed by atoms with Crippen LogP contribution in [0.1, 0.15) is 0 Å². The van der Waals surface area contributed by atoms with Crippen LogP contribution in [-0.4, -0.2) is 29.9 Å². The number of alkyl halides is 1. The summed E-state index contributed by atoms with van der Waals surface area (Å²) in [6.45, 7) is -0.791. The average molecular weight is 266 g/mol. The molecular weight excluding hydrogens is 259 g/mol. The molecule has 1 rings (SSSR count).